The quantitative estimate of drug-likeness (QED) is 0.685. The number of benzene rings is 1. The van der Waals surface area contributed by atoms with Crippen LogP contribution in [0, 0.1) is 12.7 Å². The molecule has 3 heterocycles. The van der Waals surface area contributed by atoms with E-state index < -0.39 is 10.0 Å². The van der Waals surface area contributed by atoms with Crippen molar-refractivity contribution in [1.29, 1.82) is 0 Å². The van der Waals surface area contributed by atoms with Gasteiger partial charge in [-0.3, -0.25) is 9.78 Å². The molecule has 9 heteroatoms. The van der Waals surface area contributed by atoms with E-state index in [0.29, 0.717) is 52.3 Å². The SMILES string of the molecule is Cc1nc2cc(F)ccc2cc1C(=O)N1CCC(NS(=O)(=O)c2cccs2)CC1. The largest absolute Gasteiger partial charge is 0.338 e. The second-order valence-corrected chi connectivity index (χ2v) is 9.97. The number of carbonyl (C=O) groups is 1. The molecule has 152 valence electrons. The van der Waals surface area contributed by atoms with Crippen LogP contribution in [0.2, 0.25) is 0 Å². The van der Waals surface area contributed by atoms with Crippen LogP contribution < -0.4 is 4.72 Å². The van der Waals surface area contributed by atoms with Crippen molar-refractivity contribution >= 4 is 38.2 Å². The highest BCUT2D eigenvalue weighted by molar-refractivity contribution is 7.91. The van der Waals surface area contributed by atoms with Crippen LogP contribution in [0.4, 0.5) is 4.39 Å². The molecule has 1 aliphatic rings. The van der Waals surface area contributed by atoms with E-state index in [1.807, 2.05) is 0 Å². The summed E-state index contributed by atoms with van der Waals surface area (Å²) < 4.78 is 41.2. The maximum atomic E-state index is 13.4. The number of thiophene rings is 1. The summed E-state index contributed by atoms with van der Waals surface area (Å²) in [4.78, 5) is 19.1. The van der Waals surface area contributed by atoms with Crippen LogP contribution in [0.5, 0.6) is 0 Å². The number of nitrogens with zero attached hydrogens (tertiary/aromatic N) is 2. The summed E-state index contributed by atoms with van der Waals surface area (Å²) in [5, 5.41) is 2.43. The number of pyridine rings is 1. The Bertz CT molecular complexity index is 1160. The van der Waals surface area contributed by atoms with Crippen LogP contribution in [0.25, 0.3) is 10.9 Å². The second kappa shape index (κ2) is 7.81. The Labute approximate surface area is 172 Å². The highest BCUT2D eigenvalue weighted by Crippen LogP contribution is 2.22. The molecule has 0 saturated carbocycles. The van der Waals surface area contributed by atoms with Crippen molar-refractivity contribution in [3.05, 3.63) is 58.9 Å². The first kappa shape index (κ1) is 19.9. The Balaban J connectivity index is 1.45. The first-order valence-corrected chi connectivity index (χ1v) is 11.6. The molecule has 0 atom stereocenters. The lowest BCUT2D eigenvalue weighted by Crippen LogP contribution is -2.46. The number of carbonyl (C=O) groups excluding carboxylic acids is 1. The van der Waals surface area contributed by atoms with E-state index in [1.165, 1.54) is 23.5 Å². The summed E-state index contributed by atoms with van der Waals surface area (Å²) in [5.41, 5.74) is 1.55. The van der Waals surface area contributed by atoms with E-state index in [4.69, 9.17) is 0 Å². The Morgan fingerprint density at radius 2 is 2.00 bits per heavy atom. The van der Waals surface area contributed by atoms with Crippen molar-refractivity contribution in [2.24, 2.45) is 0 Å². The fourth-order valence-electron chi connectivity index (χ4n) is 3.52. The van der Waals surface area contributed by atoms with Gasteiger partial charge in [-0.2, -0.15) is 0 Å². The Morgan fingerprint density at radius 1 is 1.24 bits per heavy atom. The molecule has 6 nitrogen and oxygen atoms in total. The van der Waals surface area contributed by atoms with Gasteiger partial charge in [0, 0.05) is 30.6 Å². The van der Waals surface area contributed by atoms with Crippen LogP contribution in [0.1, 0.15) is 28.9 Å². The van der Waals surface area contributed by atoms with Crippen molar-refractivity contribution in [3.63, 3.8) is 0 Å². The van der Waals surface area contributed by atoms with Gasteiger partial charge in [0.15, 0.2) is 0 Å². The third-order valence-electron chi connectivity index (χ3n) is 5.06. The van der Waals surface area contributed by atoms with E-state index in [1.54, 1.807) is 41.5 Å². The minimum Gasteiger partial charge on any atom is -0.338 e. The molecular weight excluding hydrogens is 413 g/mol. The number of rotatable bonds is 4. The molecule has 29 heavy (non-hydrogen) atoms. The number of piperidine rings is 1. The summed E-state index contributed by atoms with van der Waals surface area (Å²) in [6, 6.07) is 9.12. The summed E-state index contributed by atoms with van der Waals surface area (Å²) in [7, 11) is -3.52. The first-order chi connectivity index (χ1) is 13.8. The first-order valence-electron chi connectivity index (χ1n) is 9.25. The van der Waals surface area contributed by atoms with Crippen molar-refractivity contribution in [2.75, 3.05) is 13.1 Å². The Hall–Kier alpha value is -2.36. The third kappa shape index (κ3) is 4.17. The van der Waals surface area contributed by atoms with Crippen LogP contribution in [0.3, 0.4) is 0 Å². The predicted molar refractivity (Wildman–Crippen MR) is 110 cm³/mol. The monoisotopic (exact) mass is 433 g/mol. The van der Waals surface area contributed by atoms with Gasteiger partial charge in [0.1, 0.15) is 10.0 Å². The number of aryl methyl sites for hydroxylation is 1. The molecule has 1 N–H and O–H groups in total. The van der Waals surface area contributed by atoms with E-state index in [2.05, 4.69) is 9.71 Å². The number of aromatic nitrogens is 1. The number of hydrogen-bond acceptors (Lipinski definition) is 5. The molecule has 1 saturated heterocycles. The van der Waals surface area contributed by atoms with Crippen LogP contribution in [-0.2, 0) is 10.0 Å². The topological polar surface area (TPSA) is 79.4 Å². The van der Waals surface area contributed by atoms with Crippen molar-refractivity contribution in [1.82, 2.24) is 14.6 Å². The molecule has 0 radical (unpaired) electrons. The molecule has 1 aliphatic heterocycles. The van der Waals surface area contributed by atoms with Crippen LogP contribution >= 0.6 is 11.3 Å². The number of nitrogens with one attached hydrogen (secondary N) is 1. The highest BCUT2D eigenvalue weighted by atomic mass is 32.2. The number of likely N-dealkylation sites (tertiary alicyclic amines) is 1. The van der Waals surface area contributed by atoms with Crippen LogP contribution in [0.15, 0.2) is 46.0 Å². The lowest BCUT2D eigenvalue weighted by molar-refractivity contribution is 0.0710. The lowest BCUT2D eigenvalue weighted by atomic mass is 10.0. The molecule has 1 aromatic carbocycles. The molecule has 3 aromatic rings. The molecule has 0 aliphatic carbocycles. The Kier molecular flexibility index (Phi) is 5.37. The second-order valence-electron chi connectivity index (χ2n) is 7.08. The van der Waals surface area contributed by atoms with Crippen molar-refractivity contribution < 1.29 is 17.6 Å². The van der Waals surface area contributed by atoms with Gasteiger partial charge in [-0.05, 0) is 49.4 Å². The van der Waals surface area contributed by atoms with Crippen molar-refractivity contribution in [3.8, 4) is 0 Å². The molecule has 2 aromatic heterocycles. The van der Waals surface area contributed by atoms with Gasteiger partial charge < -0.3 is 4.90 Å². The molecule has 0 bridgehead atoms. The zero-order chi connectivity index (χ0) is 20.6. The van der Waals surface area contributed by atoms with E-state index >= 15 is 0 Å². The van der Waals surface area contributed by atoms with Gasteiger partial charge in [-0.1, -0.05) is 6.07 Å². The fourth-order valence-corrected chi connectivity index (χ4v) is 5.83. The number of fused-ring (bicyclic) bond motifs is 1. The van der Waals surface area contributed by atoms with Crippen LogP contribution in [-0.4, -0.2) is 43.3 Å². The molecular formula is C20H20FN3O3S2. The smallest absolute Gasteiger partial charge is 0.255 e. The Morgan fingerprint density at radius 3 is 2.69 bits per heavy atom. The van der Waals surface area contributed by atoms with Gasteiger partial charge in [0.05, 0.1) is 16.8 Å². The molecule has 4 rings (SSSR count). The zero-order valence-corrected chi connectivity index (χ0v) is 17.4. The van der Waals surface area contributed by atoms with Gasteiger partial charge in [0.25, 0.3) is 5.91 Å². The molecule has 1 fully saturated rings. The summed E-state index contributed by atoms with van der Waals surface area (Å²) >= 11 is 1.18. The maximum Gasteiger partial charge on any atom is 0.255 e. The number of sulfonamides is 1. The molecule has 0 unspecified atom stereocenters. The zero-order valence-electron chi connectivity index (χ0n) is 15.8. The molecule has 1 amide bonds. The average molecular weight is 434 g/mol. The summed E-state index contributed by atoms with van der Waals surface area (Å²) in [6.45, 7) is 2.65. The minimum absolute atomic E-state index is 0.138. The van der Waals surface area contributed by atoms with Gasteiger partial charge in [0.2, 0.25) is 10.0 Å². The third-order valence-corrected chi connectivity index (χ3v) is 7.98. The number of halogens is 1. The van der Waals surface area contributed by atoms with E-state index in [-0.39, 0.29) is 17.8 Å². The van der Waals surface area contributed by atoms with Crippen molar-refractivity contribution in [2.45, 2.75) is 30.0 Å². The summed E-state index contributed by atoms with van der Waals surface area (Å²) in [6.07, 6.45) is 1.09. The summed E-state index contributed by atoms with van der Waals surface area (Å²) in [5.74, 6) is -0.503. The average Bonchev–Trinajstić information content (AvgIpc) is 3.23. The standard InChI is InChI=1S/C20H20FN3O3S2/c1-13-17(11-14-4-5-15(21)12-18(14)22-13)20(25)24-8-6-16(7-9-24)23-29(26,27)19-3-2-10-28-19/h2-5,10-12,16,23H,6-9H2,1H3. The van der Waals surface area contributed by atoms with E-state index in [0.717, 1.165) is 0 Å². The minimum atomic E-state index is -3.52. The fraction of sp³-hybridized carbons (Fsp3) is 0.300. The van der Waals surface area contributed by atoms with Gasteiger partial charge in [-0.25, -0.2) is 17.5 Å². The predicted octanol–water partition coefficient (Wildman–Crippen LogP) is 3.33. The van der Waals surface area contributed by atoms with E-state index in [9.17, 15) is 17.6 Å². The molecule has 0 spiro atoms. The highest BCUT2D eigenvalue weighted by Gasteiger charge is 2.28. The normalized spacial score (nSPS) is 15.7. The number of amides is 1. The van der Waals surface area contributed by atoms with Gasteiger partial charge >= 0.3 is 0 Å². The maximum absolute atomic E-state index is 13.4. The lowest BCUT2D eigenvalue weighted by Gasteiger charge is -2.32. The number of hydrogen-bond donors (Lipinski definition) is 1. The van der Waals surface area contributed by atoms with Gasteiger partial charge in [-0.15, -0.1) is 11.3 Å².